The number of anilines is 3. The Labute approximate surface area is 187 Å². The number of nitrogens with zero attached hydrogens (tertiary/aromatic N) is 2. The van der Waals surface area contributed by atoms with Crippen molar-refractivity contribution in [3.05, 3.63) is 72.3 Å². The zero-order valence-corrected chi connectivity index (χ0v) is 18.8. The zero-order chi connectivity index (χ0) is 22.3. The van der Waals surface area contributed by atoms with Gasteiger partial charge < -0.3 is 14.6 Å². The Balaban J connectivity index is 1.75. The molecule has 0 saturated heterocycles. The summed E-state index contributed by atoms with van der Waals surface area (Å²) in [5, 5.41) is 3.72. The molecule has 0 bridgehead atoms. The van der Waals surface area contributed by atoms with Crippen LogP contribution in [0.3, 0.4) is 0 Å². The van der Waals surface area contributed by atoms with Crippen LogP contribution in [-0.2, 0) is 4.57 Å². The van der Waals surface area contributed by atoms with E-state index in [1.165, 1.54) is 4.67 Å². The highest BCUT2D eigenvalue weighted by atomic mass is 31.2. The molecule has 7 nitrogen and oxygen atoms in total. The average molecular weight is 449 g/mol. The first kappa shape index (κ1) is 20.5. The summed E-state index contributed by atoms with van der Waals surface area (Å²) in [6.45, 7) is 5.15. The minimum Gasteiger partial charge on any atom is -0.486 e. The maximum atomic E-state index is 14.9. The number of para-hydroxylation sites is 1. The average Bonchev–Trinajstić information content (AvgIpc) is 2.81. The van der Waals surface area contributed by atoms with Crippen LogP contribution in [0, 0.1) is 6.92 Å². The standard InChI is InChI=1S/C24H24N3O4P/c1-3-26-20-15-21-22(31-14-13-30-21)16-23(20)32(29,25-18-11-9-17(2)10-12-18)27(24(26)28)19-7-5-4-6-8-19/h4-12,15-16H,3,13-14H2,1-2H3,(H,25,29)/t32-/m0/s1. The molecule has 0 saturated carbocycles. The monoisotopic (exact) mass is 449 g/mol. The van der Waals surface area contributed by atoms with Crippen LogP contribution < -0.4 is 29.4 Å². The first-order valence-electron chi connectivity index (χ1n) is 10.6. The fourth-order valence-electron chi connectivity index (χ4n) is 4.03. The summed E-state index contributed by atoms with van der Waals surface area (Å²) in [6, 6.07) is 19.9. The first-order chi connectivity index (χ1) is 15.5. The third kappa shape index (κ3) is 3.30. The predicted molar refractivity (Wildman–Crippen MR) is 127 cm³/mol. The van der Waals surface area contributed by atoms with Gasteiger partial charge in [0.25, 0.3) is 7.44 Å². The molecule has 2 heterocycles. The Morgan fingerprint density at radius 2 is 1.62 bits per heavy atom. The fourth-order valence-corrected chi connectivity index (χ4v) is 6.56. The second kappa shape index (κ2) is 7.92. The van der Waals surface area contributed by atoms with E-state index in [0.29, 0.717) is 53.6 Å². The molecule has 0 unspecified atom stereocenters. The Morgan fingerprint density at radius 3 is 2.28 bits per heavy atom. The van der Waals surface area contributed by atoms with E-state index in [1.807, 2.05) is 56.3 Å². The smallest absolute Gasteiger partial charge is 0.336 e. The highest BCUT2D eigenvalue weighted by molar-refractivity contribution is 7.76. The summed E-state index contributed by atoms with van der Waals surface area (Å²) in [6.07, 6.45) is 0. The molecule has 0 radical (unpaired) electrons. The Morgan fingerprint density at radius 1 is 0.969 bits per heavy atom. The summed E-state index contributed by atoms with van der Waals surface area (Å²) < 4.78 is 27.8. The molecule has 2 aliphatic heterocycles. The minimum atomic E-state index is -3.67. The molecule has 1 atom stereocenters. The number of nitrogens with one attached hydrogen (secondary N) is 1. The summed E-state index contributed by atoms with van der Waals surface area (Å²) >= 11 is 0. The van der Waals surface area contributed by atoms with Crippen molar-refractivity contribution in [2.24, 2.45) is 0 Å². The largest absolute Gasteiger partial charge is 0.486 e. The molecule has 3 aromatic rings. The van der Waals surface area contributed by atoms with Crippen LogP contribution in [0.1, 0.15) is 12.5 Å². The van der Waals surface area contributed by atoms with E-state index in [1.54, 1.807) is 29.2 Å². The van der Waals surface area contributed by atoms with Gasteiger partial charge in [0.2, 0.25) is 0 Å². The lowest BCUT2D eigenvalue weighted by molar-refractivity contribution is 0.172. The molecular formula is C24H24N3O4P. The number of ether oxygens (including phenoxy) is 2. The zero-order valence-electron chi connectivity index (χ0n) is 17.9. The maximum absolute atomic E-state index is 14.9. The van der Waals surface area contributed by atoms with Gasteiger partial charge in [-0.2, -0.15) is 0 Å². The maximum Gasteiger partial charge on any atom is 0.336 e. The van der Waals surface area contributed by atoms with Crippen LogP contribution in [0.2, 0.25) is 0 Å². The third-order valence-electron chi connectivity index (χ3n) is 5.60. The molecule has 3 aromatic carbocycles. The van der Waals surface area contributed by atoms with E-state index in [-0.39, 0.29) is 6.03 Å². The molecule has 5 rings (SSSR count). The molecule has 2 aliphatic rings. The minimum absolute atomic E-state index is 0.356. The van der Waals surface area contributed by atoms with Gasteiger partial charge in [-0.05, 0) is 38.1 Å². The van der Waals surface area contributed by atoms with Gasteiger partial charge in [0, 0.05) is 24.4 Å². The Kier molecular flexibility index (Phi) is 5.06. The molecule has 1 N–H and O–H groups in total. The molecule has 2 amide bonds. The quantitative estimate of drug-likeness (QED) is 0.557. The van der Waals surface area contributed by atoms with Crippen molar-refractivity contribution in [2.75, 3.05) is 34.4 Å². The van der Waals surface area contributed by atoms with Crippen molar-refractivity contribution in [1.82, 2.24) is 0 Å². The fraction of sp³-hybridized carbons (Fsp3) is 0.208. The summed E-state index contributed by atoms with van der Waals surface area (Å²) in [4.78, 5) is 15.3. The van der Waals surface area contributed by atoms with Crippen molar-refractivity contribution in [3.63, 3.8) is 0 Å². The molecule has 0 fully saturated rings. The lowest BCUT2D eigenvalue weighted by Gasteiger charge is -2.42. The second-order valence-corrected chi connectivity index (χ2v) is 9.97. The van der Waals surface area contributed by atoms with Crippen molar-refractivity contribution in [1.29, 1.82) is 0 Å². The Hall–Kier alpha value is -3.44. The summed E-state index contributed by atoms with van der Waals surface area (Å²) in [5.41, 5.74) is 2.88. The Bertz CT molecular complexity index is 1210. The highest BCUT2D eigenvalue weighted by Gasteiger charge is 2.47. The van der Waals surface area contributed by atoms with Crippen LogP contribution in [0.25, 0.3) is 0 Å². The number of hydrogen-bond donors (Lipinski definition) is 1. The number of carbonyl (C=O) groups is 1. The van der Waals surface area contributed by atoms with Crippen LogP contribution in [0.4, 0.5) is 21.9 Å². The first-order valence-corrected chi connectivity index (χ1v) is 12.2. The van der Waals surface area contributed by atoms with E-state index >= 15 is 0 Å². The number of benzene rings is 3. The number of urea groups is 1. The number of fused-ring (bicyclic) bond motifs is 2. The molecule has 8 heteroatoms. The van der Waals surface area contributed by atoms with Gasteiger partial charge in [0.05, 0.1) is 16.7 Å². The van der Waals surface area contributed by atoms with Gasteiger partial charge in [-0.1, -0.05) is 35.9 Å². The van der Waals surface area contributed by atoms with Crippen molar-refractivity contribution in [2.45, 2.75) is 13.8 Å². The van der Waals surface area contributed by atoms with Crippen LogP contribution in [0.15, 0.2) is 66.7 Å². The van der Waals surface area contributed by atoms with Gasteiger partial charge in [0.15, 0.2) is 11.5 Å². The molecular weight excluding hydrogens is 425 g/mol. The lowest BCUT2D eigenvalue weighted by atomic mass is 10.2. The number of aryl methyl sites for hydroxylation is 1. The molecule has 0 aromatic heterocycles. The van der Waals surface area contributed by atoms with E-state index in [4.69, 9.17) is 9.47 Å². The van der Waals surface area contributed by atoms with Gasteiger partial charge >= 0.3 is 6.03 Å². The molecule has 164 valence electrons. The molecule has 0 aliphatic carbocycles. The van der Waals surface area contributed by atoms with Crippen LogP contribution in [-0.4, -0.2) is 25.8 Å². The van der Waals surface area contributed by atoms with E-state index in [9.17, 15) is 9.36 Å². The van der Waals surface area contributed by atoms with E-state index in [2.05, 4.69) is 5.09 Å². The summed E-state index contributed by atoms with van der Waals surface area (Å²) in [5.74, 6) is 1.08. The SMILES string of the molecule is CCN1C(=O)N(c2ccccc2)[P@@](=O)(Nc2ccc(C)cc2)c2cc3c(cc21)OCCO3. The molecule has 0 spiro atoms. The van der Waals surface area contributed by atoms with Gasteiger partial charge in [-0.25, -0.2) is 9.46 Å². The van der Waals surface area contributed by atoms with Crippen molar-refractivity contribution in [3.8, 4) is 11.5 Å². The second-order valence-electron chi connectivity index (χ2n) is 7.71. The van der Waals surface area contributed by atoms with Crippen molar-refractivity contribution < 1.29 is 18.8 Å². The third-order valence-corrected chi connectivity index (χ3v) is 8.14. The number of carbonyl (C=O) groups excluding carboxylic acids is 1. The van der Waals surface area contributed by atoms with Gasteiger partial charge in [-0.15, -0.1) is 0 Å². The van der Waals surface area contributed by atoms with Gasteiger partial charge in [0.1, 0.15) is 13.2 Å². The van der Waals surface area contributed by atoms with Gasteiger partial charge in [-0.3, -0.25) is 9.46 Å². The van der Waals surface area contributed by atoms with Crippen molar-refractivity contribution >= 4 is 35.8 Å². The van der Waals surface area contributed by atoms with Crippen LogP contribution >= 0.6 is 7.44 Å². The van der Waals surface area contributed by atoms with E-state index in [0.717, 1.165) is 5.56 Å². The normalized spacial score (nSPS) is 19.5. The predicted octanol–water partition coefficient (Wildman–Crippen LogP) is 5.16. The lowest BCUT2D eigenvalue weighted by Crippen LogP contribution is -2.51. The number of hydrogen-bond acceptors (Lipinski definition) is 4. The highest BCUT2D eigenvalue weighted by Crippen LogP contribution is 2.57. The van der Waals surface area contributed by atoms with E-state index < -0.39 is 7.44 Å². The van der Waals surface area contributed by atoms with Crippen LogP contribution in [0.5, 0.6) is 11.5 Å². The molecule has 32 heavy (non-hydrogen) atoms. The summed E-state index contributed by atoms with van der Waals surface area (Å²) in [7, 11) is -3.67. The number of amides is 2. The number of rotatable bonds is 4. The topological polar surface area (TPSA) is 71.1 Å².